The summed E-state index contributed by atoms with van der Waals surface area (Å²) in [6.07, 6.45) is 0.437. The molecule has 0 aromatic carbocycles. The standard InChI is InChI=1S/C7H15NO2/c1-6(9-2)7-5-8-3-4-10-7/h6-8H,3-5H2,1-2H3/t6-,7+/m1/s1. The molecule has 3 nitrogen and oxygen atoms in total. The van der Waals surface area contributed by atoms with E-state index in [9.17, 15) is 0 Å². The first-order valence-corrected chi connectivity index (χ1v) is 3.69. The maximum atomic E-state index is 5.44. The lowest BCUT2D eigenvalue weighted by Crippen LogP contribution is -2.44. The van der Waals surface area contributed by atoms with Crippen LogP contribution in [0, 0.1) is 0 Å². The molecular weight excluding hydrogens is 130 g/mol. The van der Waals surface area contributed by atoms with Crippen LogP contribution in [0.25, 0.3) is 0 Å². The number of morpholine rings is 1. The summed E-state index contributed by atoms with van der Waals surface area (Å²) in [7, 11) is 1.71. The minimum atomic E-state index is 0.202. The Morgan fingerprint density at radius 2 is 2.50 bits per heavy atom. The van der Waals surface area contributed by atoms with Crippen LogP contribution in [0.15, 0.2) is 0 Å². The van der Waals surface area contributed by atoms with Gasteiger partial charge < -0.3 is 14.8 Å². The Balaban J connectivity index is 2.24. The van der Waals surface area contributed by atoms with Crippen molar-refractivity contribution in [2.24, 2.45) is 0 Å². The van der Waals surface area contributed by atoms with Crippen molar-refractivity contribution >= 4 is 0 Å². The van der Waals surface area contributed by atoms with Gasteiger partial charge >= 0.3 is 0 Å². The van der Waals surface area contributed by atoms with E-state index in [1.54, 1.807) is 7.11 Å². The smallest absolute Gasteiger partial charge is 0.0958 e. The maximum absolute atomic E-state index is 5.44. The molecule has 0 bridgehead atoms. The zero-order valence-corrected chi connectivity index (χ0v) is 6.59. The van der Waals surface area contributed by atoms with Gasteiger partial charge in [0, 0.05) is 20.2 Å². The summed E-state index contributed by atoms with van der Waals surface area (Å²) in [5, 5.41) is 3.25. The largest absolute Gasteiger partial charge is 0.379 e. The van der Waals surface area contributed by atoms with Crippen molar-refractivity contribution in [3.8, 4) is 0 Å². The van der Waals surface area contributed by atoms with Crippen molar-refractivity contribution in [3.05, 3.63) is 0 Å². The van der Waals surface area contributed by atoms with Crippen molar-refractivity contribution < 1.29 is 9.47 Å². The summed E-state index contributed by atoms with van der Waals surface area (Å²) in [6.45, 7) is 4.71. The molecule has 0 unspecified atom stereocenters. The monoisotopic (exact) mass is 145 g/mol. The Bertz CT molecular complexity index is 91.6. The maximum Gasteiger partial charge on any atom is 0.0958 e. The van der Waals surface area contributed by atoms with Gasteiger partial charge in [-0.15, -0.1) is 0 Å². The second-order valence-electron chi connectivity index (χ2n) is 2.55. The highest BCUT2D eigenvalue weighted by Crippen LogP contribution is 2.03. The van der Waals surface area contributed by atoms with E-state index in [1.807, 2.05) is 6.92 Å². The average Bonchev–Trinajstić information content (AvgIpc) is 2.05. The lowest BCUT2D eigenvalue weighted by atomic mass is 10.2. The summed E-state index contributed by atoms with van der Waals surface area (Å²) in [5.74, 6) is 0. The van der Waals surface area contributed by atoms with E-state index in [4.69, 9.17) is 9.47 Å². The molecule has 0 saturated carbocycles. The highest BCUT2D eigenvalue weighted by molar-refractivity contribution is 4.72. The topological polar surface area (TPSA) is 30.5 Å². The summed E-state index contributed by atoms with van der Waals surface area (Å²) >= 11 is 0. The van der Waals surface area contributed by atoms with Gasteiger partial charge in [0.25, 0.3) is 0 Å². The van der Waals surface area contributed by atoms with Gasteiger partial charge in [-0.1, -0.05) is 0 Å². The van der Waals surface area contributed by atoms with Crippen LogP contribution >= 0.6 is 0 Å². The Labute approximate surface area is 61.7 Å². The summed E-state index contributed by atoms with van der Waals surface area (Å²) in [6, 6.07) is 0. The van der Waals surface area contributed by atoms with Gasteiger partial charge in [0.15, 0.2) is 0 Å². The van der Waals surface area contributed by atoms with E-state index in [1.165, 1.54) is 0 Å². The highest BCUT2D eigenvalue weighted by Gasteiger charge is 2.19. The van der Waals surface area contributed by atoms with Gasteiger partial charge in [-0.3, -0.25) is 0 Å². The van der Waals surface area contributed by atoms with Crippen LogP contribution in [-0.2, 0) is 9.47 Å². The number of rotatable bonds is 2. The summed E-state index contributed by atoms with van der Waals surface area (Å²) < 4.78 is 10.6. The van der Waals surface area contributed by atoms with Gasteiger partial charge in [0.05, 0.1) is 18.8 Å². The molecular formula is C7H15NO2. The predicted molar refractivity (Wildman–Crippen MR) is 39.1 cm³/mol. The van der Waals surface area contributed by atoms with Crippen molar-refractivity contribution in [1.29, 1.82) is 0 Å². The first kappa shape index (κ1) is 7.98. The van der Waals surface area contributed by atoms with E-state index in [-0.39, 0.29) is 12.2 Å². The van der Waals surface area contributed by atoms with Crippen LogP contribution in [0.4, 0.5) is 0 Å². The van der Waals surface area contributed by atoms with E-state index < -0.39 is 0 Å². The zero-order valence-electron chi connectivity index (χ0n) is 6.59. The number of methoxy groups -OCH3 is 1. The van der Waals surface area contributed by atoms with Crippen molar-refractivity contribution in [3.63, 3.8) is 0 Å². The van der Waals surface area contributed by atoms with Crippen molar-refractivity contribution in [2.45, 2.75) is 19.1 Å². The number of nitrogens with one attached hydrogen (secondary N) is 1. The molecule has 0 aliphatic carbocycles. The summed E-state index contributed by atoms with van der Waals surface area (Å²) in [4.78, 5) is 0. The van der Waals surface area contributed by atoms with Crippen molar-refractivity contribution in [1.82, 2.24) is 5.32 Å². The molecule has 1 aliphatic rings. The third-order valence-corrected chi connectivity index (χ3v) is 1.85. The Hall–Kier alpha value is -0.120. The van der Waals surface area contributed by atoms with Gasteiger partial charge in [-0.2, -0.15) is 0 Å². The molecule has 1 aliphatic heterocycles. The fraction of sp³-hybridized carbons (Fsp3) is 1.00. The van der Waals surface area contributed by atoms with Crippen LogP contribution in [-0.4, -0.2) is 39.0 Å². The lowest BCUT2D eigenvalue weighted by Gasteiger charge is -2.27. The van der Waals surface area contributed by atoms with E-state index in [0.29, 0.717) is 0 Å². The average molecular weight is 145 g/mol. The quantitative estimate of drug-likeness (QED) is 0.593. The van der Waals surface area contributed by atoms with Crippen molar-refractivity contribution in [2.75, 3.05) is 26.8 Å². The Kier molecular flexibility index (Phi) is 3.12. The molecule has 0 spiro atoms. The molecule has 60 valence electrons. The van der Waals surface area contributed by atoms with Crippen LogP contribution in [0.5, 0.6) is 0 Å². The van der Waals surface area contributed by atoms with Gasteiger partial charge in [-0.05, 0) is 6.92 Å². The van der Waals surface area contributed by atoms with Crippen LogP contribution < -0.4 is 5.32 Å². The Morgan fingerprint density at radius 1 is 1.70 bits per heavy atom. The highest BCUT2D eigenvalue weighted by atomic mass is 16.5. The summed E-state index contributed by atoms with van der Waals surface area (Å²) in [5.41, 5.74) is 0. The first-order valence-electron chi connectivity index (χ1n) is 3.69. The molecule has 10 heavy (non-hydrogen) atoms. The molecule has 3 heteroatoms. The molecule has 0 amide bonds. The lowest BCUT2D eigenvalue weighted by molar-refractivity contribution is -0.0610. The third-order valence-electron chi connectivity index (χ3n) is 1.85. The van der Waals surface area contributed by atoms with E-state index >= 15 is 0 Å². The fourth-order valence-electron chi connectivity index (χ4n) is 1.04. The molecule has 1 N–H and O–H groups in total. The molecule has 0 aromatic rings. The third kappa shape index (κ3) is 1.94. The fourth-order valence-corrected chi connectivity index (χ4v) is 1.04. The normalized spacial score (nSPS) is 30.0. The minimum absolute atomic E-state index is 0.202. The van der Waals surface area contributed by atoms with E-state index in [0.717, 1.165) is 19.7 Å². The van der Waals surface area contributed by atoms with Crippen LogP contribution in [0.2, 0.25) is 0 Å². The zero-order chi connectivity index (χ0) is 7.40. The number of hydrogen-bond donors (Lipinski definition) is 1. The first-order chi connectivity index (χ1) is 4.84. The molecule has 1 saturated heterocycles. The second kappa shape index (κ2) is 3.91. The molecule has 1 rings (SSSR count). The van der Waals surface area contributed by atoms with Gasteiger partial charge in [0.1, 0.15) is 0 Å². The van der Waals surface area contributed by atoms with Crippen LogP contribution in [0.1, 0.15) is 6.92 Å². The van der Waals surface area contributed by atoms with Gasteiger partial charge in [-0.25, -0.2) is 0 Å². The van der Waals surface area contributed by atoms with Gasteiger partial charge in [0.2, 0.25) is 0 Å². The molecule has 2 atom stereocenters. The SMILES string of the molecule is CO[C@H](C)[C@@H]1CNCCO1. The minimum Gasteiger partial charge on any atom is -0.379 e. The van der Waals surface area contributed by atoms with Crippen LogP contribution in [0.3, 0.4) is 0 Å². The molecule has 0 radical (unpaired) electrons. The second-order valence-corrected chi connectivity index (χ2v) is 2.55. The molecule has 1 heterocycles. The Morgan fingerprint density at radius 3 is 3.00 bits per heavy atom. The molecule has 0 aromatic heterocycles. The number of hydrogen-bond acceptors (Lipinski definition) is 3. The van der Waals surface area contributed by atoms with E-state index in [2.05, 4.69) is 5.32 Å². The number of ether oxygens (including phenoxy) is 2. The predicted octanol–water partition coefficient (Wildman–Crippen LogP) is 0.00970. The molecule has 1 fully saturated rings.